The van der Waals surface area contributed by atoms with E-state index in [-0.39, 0.29) is 5.92 Å². The van der Waals surface area contributed by atoms with E-state index in [0.29, 0.717) is 0 Å². The molecule has 0 aromatic heterocycles. The average molecular weight is 384 g/mol. The molecule has 4 rings (SSSR count). The van der Waals surface area contributed by atoms with Crippen LogP contribution in [-0.4, -0.2) is 11.5 Å². The molecule has 3 aromatic rings. The van der Waals surface area contributed by atoms with E-state index in [9.17, 15) is 5.26 Å². The molecule has 27 heavy (non-hydrogen) atoms. The predicted molar refractivity (Wildman–Crippen MR) is 118 cm³/mol. The molecule has 1 unspecified atom stereocenters. The summed E-state index contributed by atoms with van der Waals surface area (Å²) in [5.74, 6) is 8.59. The van der Waals surface area contributed by atoms with Gasteiger partial charge in [-0.15, -0.1) is 23.5 Å². The van der Waals surface area contributed by atoms with Crippen molar-refractivity contribution in [2.75, 3.05) is 11.5 Å². The molecular weight excluding hydrogens is 366 g/mol. The minimum absolute atomic E-state index is 0.227. The molecular formula is C24H17NS2. The van der Waals surface area contributed by atoms with Crippen LogP contribution in [0.4, 0.5) is 0 Å². The lowest BCUT2D eigenvalue weighted by molar-refractivity contribution is 1.09. The number of nitriles is 1. The summed E-state index contributed by atoms with van der Waals surface area (Å²) in [5.41, 5.74) is 2.85. The standard InChI is InChI=1S/C24H17NS2/c25-17-23(24-26-15-16-27-24)22(14-13-18-7-2-1-3-8-18)21-12-6-10-19-9-4-5-11-20(19)21/h1-12,22H,15-16H2. The molecule has 0 radical (unpaired) electrons. The van der Waals surface area contributed by atoms with Crippen molar-refractivity contribution in [2.24, 2.45) is 0 Å². The zero-order valence-electron chi connectivity index (χ0n) is 14.7. The van der Waals surface area contributed by atoms with E-state index in [1.54, 1.807) is 23.5 Å². The number of hydrogen-bond donors (Lipinski definition) is 0. The smallest absolute Gasteiger partial charge is 0.0981 e. The van der Waals surface area contributed by atoms with Crippen LogP contribution in [0.15, 0.2) is 82.6 Å². The fraction of sp³-hybridized carbons (Fsp3) is 0.125. The topological polar surface area (TPSA) is 23.8 Å². The lowest BCUT2D eigenvalue weighted by Gasteiger charge is -2.15. The first-order valence-corrected chi connectivity index (χ1v) is 10.8. The Bertz CT molecular complexity index is 1080. The zero-order chi connectivity index (χ0) is 18.5. The highest BCUT2D eigenvalue weighted by atomic mass is 32.2. The van der Waals surface area contributed by atoms with Gasteiger partial charge in [0.2, 0.25) is 0 Å². The Hall–Kier alpha value is -2.59. The number of rotatable bonds is 2. The second-order valence-corrected chi connectivity index (χ2v) is 8.62. The van der Waals surface area contributed by atoms with Crippen LogP contribution in [0.2, 0.25) is 0 Å². The molecule has 1 aliphatic heterocycles. The fourth-order valence-corrected chi connectivity index (χ4v) is 5.69. The molecule has 1 nitrogen and oxygen atoms in total. The summed E-state index contributed by atoms with van der Waals surface area (Å²) >= 11 is 3.55. The van der Waals surface area contributed by atoms with Gasteiger partial charge < -0.3 is 0 Å². The van der Waals surface area contributed by atoms with E-state index >= 15 is 0 Å². The molecule has 1 heterocycles. The van der Waals surface area contributed by atoms with Gasteiger partial charge in [0.1, 0.15) is 0 Å². The van der Waals surface area contributed by atoms with Crippen molar-refractivity contribution in [3.8, 4) is 17.9 Å². The Labute approximate surface area is 168 Å². The van der Waals surface area contributed by atoms with E-state index in [1.165, 1.54) is 5.39 Å². The third-order valence-electron chi connectivity index (χ3n) is 4.45. The monoisotopic (exact) mass is 383 g/mol. The third kappa shape index (κ3) is 3.91. The maximum atomic E-state index is 9.99. The molecule has 130 valence electrons. The van der Waals surface area contributed by atoms with E-state index < -0.39 is 0 Å². The highest BCUT2D eigenvalue weighted by Gasteiger charge is 2.23. The molecule has 1 saturated heterocycles. The van der Waals surface area contributed by atoms with Gasteiger partial charge in [0.15, 0.2) is 0 Å². The van der Waals surface area contributed by atoms with Crippen LogP contribution in [0.5, 0.6) is 0 Å². The number of hydrogen-bond acceptors (Lipinski definition) is 3. The van der Waals surface area contributed by atoms with Crippen LogP contribution in [0.1, 0.15) is 17.0 Å². The minimum Gasteiger partial charge on any atom is -0.193 e. The Balaban J connectivity index is 1.90. The van der Waals surface area contributed by atoms with Crippen LogP contribution >= 0.6 is 23.5 Å². The van der Waals surface area contributed by atoms with E-state index in [2.05, 4.69) is 48.2 Å². The summed E-state index contributed by atoms with van der Waals surface area (Å²) in [6.07, 6.45) is 0. The molecule has 0 saturated carbocycles. The van der Waals surface area contributed by atoms with Crippen molar-refractivity contribution in [3.63, 3.8) is 0 Å². The quantitative estimate of drug-likeness (QED) is 0.389. The lowest BCUT2D eigenvalue weighted by Crippen LogP contribution is -2.02. The van der Waals surface area contributed by atoms with Gasteiger partial charge in [0.25, 0.3) is 0 Å². The van der Waals surface area contributed by atoms with Gasteiger partial charge in [0, 0.05) is 17.1 Å². The van der Waals surface area contributed by atoms with E-state index in [1.807, 2.05) is 42.5 Å². The summed E-state index contributed by atoms with van der Waals surface area (Å²) in [7, 11) is 0. The number of thioether (sulfide) groups is 2. The summed E-state index contributed by atoms with van der Waals surface area (Å²) in [6, 6.07) is 27.1. The van der Waals surface area contributed by atoms with Gasteiger partial charge in [0.05, 0.1) is 21.8 Å². The number of allylic oxidation sites excluding steroid dienone is 1. The van der Waals surface area contributed by atoms with Gasteiger partial charge in [-0.2, -0.15) is 5.26 Å². The SMILES string of the molecule is N#CC(=C1SCCS1)C(C#Cc1ccccc1)c1cccc2ccccc12. The largest absolute Gasteiger partial charge is 0.193 e. The van der Waals surface area contributed by atoms with E-state index in [0.717, 1.165) is 37.8 Å². The number of benzene rings is 3. The molecule has 0 aliphatic carbocycles. The first kappa shape index (κ1) is 17.8. The van der Waals surface area contributed by atoms with Crippen molar-refractivity contribution in [1.82, 2.24) is 0 Å². The molecule has 0 N–H and O–H groups in total. The normalized spacial score (nSPS) is 14.3. The molecule has 3 aromatic carbocycles. The molecule has 0 bridgehead atoms. The van der Waals surface area contributed by atoms with Crippen molar-refractivity contribution in [1.29, 1.82) is 5.26 Å². The van der Waals surface area contributed by atoms with Crippen molar-refractivity contribution >= 4 is 34.3 Å². The predicted octanol–water partition coefficient (Wildman–Crippen LogP) is 6.19. The van der Waals surface area contributed by atoms with Crippen molar-refractivity contribution in [2.45, 2.75) is 5.92 Å². The zero-order valence-corrected chi connectivity index (χ0v) is 16.3. The minimum atomic E-state index is -0.227. The Kier molecular flexibility index (Phi) is 5.54. The fourth-order valence-electron chi connectivity index (χ4n) is 3.18. The van der Waals surface area contributed by atoms with Gasteiger partial charge in [-0.25, -0.2) is 0 Å². The second-order valence-electron chi connectivity index (χ2n) is 6.15. The third-order valence-corrected chi connectivity index (χ3v) is 7.19. The van der Waals surface area contributed by atoms with Gasteiger partial charge in [-0.3, -0.25) is 0 Å². The van der Waals surface area contributed by atoms with Gasteiger partial charge in [-0.1, -0.05) is 72.5 Å². The first-order valence-electron chi connectivity index (χ1n) is 8.81. The van der Waals surface area contributed by atoms with Gasteiger partial charge in [-0.05, 0) is 28.5 Å². The molecule has 0 amide bonds. The molecule has 1 atom stereocenters. The summed E-state index contributed by atoms with van der Waals surface area (Å²) in [4.78, 5) is 0. The van der Waals surface area contributed by atoms with Crippen LogP contribution < -0.4 is 0 Å². The Morgan fingerprint density at radius 3 is 2.33 bits per heavy atom. The Morgan fingerprint density at radius 1 is 0.852 bits per heavy atom. The maximum absolute atomic E-state index is 9.99. The first-order chi connectivity index (χ1) is 13.4. The molecule has 3 heteroatoms. The molecule has 1 aliphatic rings. The Morgan fingerprint density at radius 2 is 1.56 bits per heavy atom. The van der Waals surface area contributed by atoms with Crippen LogP contribution in [-0.2, 0) is 0 Å². The van der Waals surface area contributed by atoms with E-state index in [4.69, 9.17) is 0 Å². The number of fused-ring (bicyclic) bond motifs is 1. The average Bonchev–Trinajstić information content (AvgIpc) is 3.26. The van der Waals surface area contributed by atoms with Crippen LogP contribution in [0.25, 0.3) is 10.8 Å². The summed E-state index contributed by atoms with van der Waals surface area (Å²) in [6.45, 7) is 0. The van der Waals surface area contributed by atoms with Gasteiger partial charge >= 0.3 is 0 Å². The second kappa shape index (κ2) is 8.40. The number of nitrogens with zero attached hydrogens (tertiary/aromatic N) is 1. The van der Waals surface area contributed by atoms with Crippen molar-refractivity contribution < 1.29 is 0 Å². The molecule has 1 fully saturated rings. The maximum Gasteiger partial charge on any atom is 0.0981 e. The summed E-state index contributed by atoms with van der Waals surface area (Å²) in [5, 5.41) is 12.3. The van der Waals surface area contributed by atoms with Crippen LogP contribution in [0, 0.1) is 23.2 Å². The highest BCUT2D eigenvalue weighted by Crippen LogP contribution is 2.43. The highest BCUT2D eigenvalue weighted by molar-refractivity contribution is 8.25. The van der Waals surface area contributed by atoms with Crippen molar-refractivity contribution in [3.05, 3.63) is 93.7 Å². The van der Waals surface area contributed by atoms with Crippen LogP contribution in [0.3, 0.4) is 0 Å². The lowest BCUT2D eigenvalue weighted by atomic mass is 9.89. The molecule has 0 spiro atoms. The summed E-state index contributed by atoms with van der Waals surface area (Å²) < 4.78 is 1.12.